The molecule has 1 aromatic rings. The summed E-state index contributed by atoms with van der Waals surface area (Å²) < 4.78 is 78.6. The number of hydrogen-bond donors (Lipinski definition) is 2. The van der Waals surface area contributed by atoms with E-state index in [0.717, 1.165) is 0 Å². The van der Waals surface area contributed by atoms with Gasteiger partial charge < -0.3 is 15.6 Å². The van der Waals surface area contributed by atoms with Gasteiger partial charge in [-0.1, -0.05) is 0 Å². The van der Waals surface area contributed by atoms with Crippen LogP contribution in [0.4, 0.5) is 26.3 Å². The summed E-state index contributed by atoms with van der Waals surface area (Å²) in [5.41, 5.74) is 1.63. The Labute approximate surface area is 113 Å². The lowest BCUT2D eigenvalue weighted by Crippen LogP contribution is -2.23. The Hall–Kier alpha value is -2.04. The number of aliphatic carboxylic acids is 1. The normalized spacial score (nSPS) is 12.3. The third-order valence-electron chi connectivity index (χ3n) is 2.24. The third-order valence-corrected chi connectivity index (χ3v) is 2.24. The van der Waals surface area contributed by atoms with E-state index in [4.69, 9.17) is 10.8 Å². The highest BCUT2D eigenvalue weighted by atomic mass is 19.4. The van der Waals surface area contributed by atoms with Gasteiger partial charge in [0, 0.05) is 23.9 Å². The molecule has 0 aliphatic rings. The van der Waals surface area contributed by atoms with Crippen LogP contribution < -0.4 is 10.5 Å². The molecule has 0 amide bonds. The van der Waals surface area contributed by atoms with Crippen molar-refractivity contribution in [1.82, 2.24) is 4.98 Å². The first-order valence-electron chi connectivity index (χ1n) is 5.21. The van der Waals surface area contributed by atoms with Crippen molar-refractivity contribution in [2.45, 2.75) is 25.5 Å². The lowest BCUT2D eigenvalue weighted by molar-refractivity contribution is -0.275. The summed E-state index contributed by atoms with van der Waals surface area (Å²) in [7, 11) is 0. The van der Waals surface area contributed by atoms with Crippen LogP contribution in [0.3, 0.4) is 0 Å². The number of halogens is 6. The van der Waals surface area contributed by atoms with E-state index in [-0.39, 0.29) is 0 Å². The van der Waals surface area contributed by atoms with Gasteiger partial charge in [-0.2, -0.15) is 13.2 Å². The second kappa shape index (κ2) is 5.76. The Morgan fingerprint density at radius 3 is 2.24 bits per heavy atom. The number of hydrogen-bond acceptors (Lipinski definition) is 4. The van der Waals surface area contributed by atoms with E-state index in [9.17, 15) is 31.1 Å². The molecule has 21 heavy (non-hydrogen) atoms. The third kappa shape index (κ3) is 4.48. The van der Waals surface area contributed by atoms with E-state index in [0.29, 0.717) is 6.20 Å². The minimum absolute atomic E-state index is 0.468. The van der Waals surface area contributed by atoms with Crippen LogP contribution in [0.2, 0.25) is 0 Å². The Morgan fingerprint density at radius 1 is 1.29 bits per heavy atom. The molecule has 0 unspecified atom stereocenters. The molecule has 118 valence electrons. The molecule has 0 aliphatic heterocycles. The zero-order chi connectivity index (χ0) is 16.4. The van der Waals surface area contributed by atoms with E-state index < -0.39 is 54.0 Å². The molecule has 11 heteroatoms. The van der Waals surface area contributed by atoms with Crippen molar-refractivity contribution in [3.63, 3.8) is 0 Å². The molecule has 1 rings (SSSR count). The van der Waals surface area contributed by atoms with Crippen LogP contribution in [0, 0.1) is 0 Å². The standard InChI is InChI=1S/C10H8F6N2O3/c11-9(12,13)8-5(1-6(19)20)7(21-10(14,15)16)4(2-17)3-18-8/h3H,1-2,17H2,(H,19,20). The monoisotopic (exact) mass is 318 g/mol. The number of aromatic nitrogens is 1. The number of carboxylic acid groups (broad SMARTS) is 1. The van der Waals surface area contributed by atoms with Gasteiger partial charge in [0.1, 0.15) is 5.75 Å². The highest BCUT2D eigenvalue weighted by Crippen LogP contribution is 2.38. The molecule has 0 saturated carbocycles. The highest BCUT2D eigenvalue weighted by Gasteiger charge is 2.40. The predicted molar refractivity (Wildman–Crippen MR) is 55.2 cm³/mol. The lowest BCUT2D eigenvalue weighted by atomic mass is 10.0. The Morgan fingerprint density at radius 2 is 1.86 bits per heavy atom. The molecule has 0 aromatic carbocycles. The molecule has 0 fully saturated rings. The smallest absolute Gasteiger partial charge is 0.481 e. The molecular formula is C10H8F6N2O3. The molecule has 1 heterocycles. The zero-order valence-electron chi connectivity index (χ0n) is 10.0. The average molecular weight is 318 g/mol. The van der Waals surface area contributed by atoms with Gasteiger partial charge in [0.25, 0.3) is 0 Å². The molecule has 3 N–H and O–H groups in total. The minimum atomic E-state index is -5.30. The summed E-state index contributed by atoms with van der Waals surface area (Å²) >= 11 is 0. The van der Waals surface area contributed by atoms with Crippen molar-refractivity contribution in [2.24, 2.45) is 5.73 Å². The maximum Gasteiger partial charge on any atom is 0.573 e. The Balaban J connectivity index is 3.57. The number of ether oxygens (including phenoxy) is 1. The number of alkyl halides is 6. The van der Waals surface area contributed by atoms with Gasteiger partial charge >= 0.3 is 18.5 Å². The van der Waals surface area contributed by atoms with Crippen molar-refractivity contribution in [3.05, 3.63) is 23.0 Å². The summed E-state index contributed by atoms with van der Waals surface area (Å²) in [4.78, 5) is 13.6. The molecule has 0 bridgehead atoms. The van der Waals surface area contributed by atoms with Crippen LogP contribution in [0.25, 0.3) is 0 Å². The second-order valence-electron chi connectivity index (χ2n) is 3.76. The predicted octanol–water partition coefficient (Wildman–Crippen LogP) is 2.08. The fraction of sp³-hybridized carbons (Fsp3) is 0.400. The molecule has 0 radical (unpaired) electrons. The summed E-state index contributed by atoms with van der Waals surface area (Å²) in [5.74, 6) is -3.06. The number of pyridine rings is 1. The van der Waals surface area contributed by atoms with E-state index >= 15 is 0 Å². The molecule has 0 spiro atoms. The van der Waals surface area contributed by atoms with E-state index in [1.165, 1.54) is 0 Å². The quantitative estimate of drug-likeness (QED) is 0.830. The number of rotatable bonds is 4. The molecule has 1 aromatic heterocycles. The van der Waals surface area contributed by atoms with E-state index in [1.807, 2.05) is 0 Å². The molecule has 0 atom stereocenters. The van der Waals surface area contributed by atoms with Gasteiger partial charge in [0.15, 0.2) is 5.69 Å². The van der Waals surface area contributed by atoms with Crippen molar-refractivity contribution >= 4 is 5.97 Å². The van der Waals surface area contributed by atoms with E-state index in [2.05, 4.69) is 9.72 Å². The van der Waals surface area contributed by atoms with Gasteiger partial charge in [-0.25, -0.2) is 0 Å². The van der Waals surface area contributed by atoms with Crippen molar-refractivity contribution < 1.29 is 41.0 Å². The highest BCUT2D eigenvalue weighted by molar-refractivity contribution is 5.72. The zero-order valence-corrected chi connectivity index (χ0v) is 10.0. The summed E-state index contributed by atoms with van der Waals surface area (Å²) in [5, 5.41) is 8.58. The number of nitrogens with zero attached hydrogens (tertiary/aromatic N) is 1. The number of carbonyl (C=O) groups is 1. The topological polar surface area (TPSA) is 85.4 Å². The molecule has 5 nitrogen and oxygen atoms in total. The summed E-state index contributed by atoms with van der Waals surface area (Å²) in [6.07, 6.45) is -11.3. The molecule has 0 saturated heterocycles. The van der Waals surface area contributed by atoms with Crippen LogP contribution in [-0.4, -0.2) is 22.4 Å². The van der Waals surface area contributed by atoms with Crippen LogP contribution in [0.5, 0.6) is 5.75 Å². The Bertz CT molecular complexity index is 541. The first-order chi connectivity index (χ1) is 9.45. The van der Waals surface area contributed by atoms with Gasteiger partial charge in [-0.15, -0.1) is 13.2 Å². The maximum absolute atomic E-state index is 12.7. The van der Waals surface area contributed by atoms with E-state index in [1.54, 1.807) is 0 Å². The lowest BCUT2D eigenvalue weighted by Gasteiger charge is -2.19. The van der Waals surface area contributed by atoms with Gasteiger partial charge in [0.2, 0.25) is 0 Å². The number of nitrogens with two attached hydrogens (primary N) is 1. The fourth-order valence-electron chi connectivity index (χ4n) is 1.53. The largest absolute Gasteiger partial charge is 0.573 e. The van der Waals surface area contributed by atoms with Gasteiger partial charge in [-0.05, 0) is 0 Å². The van der Waals surface area contributed by atoms with Crippen molar-refractivity contribution in [3.8, 4) is 5.75 Å². The summed E-state index contributed by atoms with van der Waals surface area (Å²) in [6.45, 7) is -0.608. The van der Waals surface area contributed by atoms with Gasteiger partial charge in [0.05, 0.1) is 6.42 Å². The van der Waals surface area contributed by atoms with Crippen LogP contribution in [-0.2, 0) is 23.9 Å². The molecule has 0 aliphatic carbocycles. The van der Waals surface area contributed by atoms with Crippen LogP contribution in [0.1, 0.15) is 16.8 Å². The SMILES string of the molecule is NCc1cnc(C(F)(F)F)c(CC(=O)O)c1OC(F)(F)F. The first-order valence-corrected chi connectivity index (χ1v) is 5.21. The second-order valence-corrected chi connectivity index (χ2v) is 3.76. The fourth-order valence-corrected chi connectivity index (χ4v) is 1.53. The van der Waals surface area contributed by atoms with Crippen LogP contribution >= 0.6 is 0 Å². The van der Waals surface area contributed by atoms with Crippen LogP contribution in [0.15, 0.2) is 6.20 Å². The summed E-state index contributed by atoms with van der Waals surface area (Å²) in [6, 6.07) is 0. The first kappa shape index (κ1) is 17.0. The van der Waals surface area contributed by atoms with Crippen molar-refractivity contribution in [1.29, 1.82) is 0 Å². The Kier molecular flexibility index (Phi) is 4.66. The maximum atomic E-state index is 12.7. The van der Waals surface area contributed by atoms with Crippen molar-refractivity contribution in [2.75, 3.05) is 0 Å². The van der Waals surface area contributed by atoms with Gasteiger partial charge in [-0.3, -0.25) is 9.78 Å². The average Bonchev–Trinajstić information content (AvgIpc) is 2.27. The minimum Gasteiger partial charge on any atom is -0.481 e. The molecular weight excluding hydrogens is 310 g/mol. The number of carboxylic acids is 1.